The predicted octanol–water partition coefficient (Wildman–Crippen LogP) is 4.77. The molecule has 2 aromatic carbocycles. The van der Waals surface area contributed by atoms with Gasteiger partial charge in [-0.15, -0.1) is 0 Å². The summed E-state index contributed by atoms with van der Waals surface area (Å²) in [6.45, 7) is 9.78. The number of amides is 2. The van der Waals surface area contributed by atoms with E-state index in [2.05, 4.69) is 23.1 Å². The van der Waals surface area contributed by atoms with Crippen molar-refractivity contribution in [2.24, 2.45) is 9.98 Å². The lowest BCUT2D eigenvalue weighted by Gasteiger charge is -2.20. The quantitative estimate of drug-likeness (QED) is 0.342. The SMILES string of the molecule is C=C1CC2C=Nc3cc(OCCCOc4cc5c(cc4OC)C(=O)N4CC(=C)C[C@H]4C=N5)c(OC)cc3C(=O)N2C1.[HH]. The average molecular weight is 559 g/mol. The van der Waals surface area contributed by atoms with Crippen LogP contribution >= 0.6 is 0 Å². The summed E-state index contributed by atoms with van der Waals surface area (Å²) in [6, 6.07) is 6.69. The highest BCUT2D eigenvalue weighted by molar-refractivity contribution is 6.04. The molecule has 2 atom stereocenters. The van der Waals surface area contributed by atoms with Crippen molar-refractivity contribution in [1.29, 1.82) is 0 Å². The van der Waals surface area contributed by atoms with E-state index < -0.39 is 0 Å². The first-order valence-electron chi connectivity index (χ1n) is 13.6. The molecule has 4 heterocycles. The van der Waals surface area contributed by atoms with Crippen LogP contribution in [0.25, 0.3) is 0 Å². The summed E-state index contributed by atoms with van der Waals surface area (Å²) in [6.07, 6.45) is 5.60. The molecule has 0 N–H and O–H groups in total. The molecule has 6 rings (SSSR count). The lowest BCUT2D eigenvalue weighted by atomic mass is 10.1. The maximum atomic E-state index is 13.2. The van der Waals surface area contributed by atoms with E-state index in [1.165, 1.54) is 0 Å². The van der Waals surface area contributed by atoms with Crippen molar-refractivity contribution in [3.8, 4) is 23.0 Å². The molecule has 2 amide bonds. The Morgan fingerprint density at radius 3 is 1.61 bits per heavy atom. The zero-order valence-electron chi connectivity index (χ0n) is 23.2. The van der Waals surface area contributed by atoms with E-state index in [-0.39, 0.29) is 25.3 Å². The van der Waals surface area contributed by atoms with Gasteiger partial charge in [-0.1, -0.05) is 24.3 Å². The molecule has 0 radical (unpaired) electrons. The third-order valence-electron chi connectivity index (χ3n) is 7.71. The van der Waals surface area contributed by atoms with E-state index in [1.54, 1.807) is 60.7 Å². The molecule has 1 unspecified atom stereocenters. The van der Waals surface area contributed by atoms with Crippen LogP contribution in [0.1, 0.15) is 41.4 Å². The molecule has 214 valence electrons. The Kier molecular flexibility index (Phi) is 6.98. The summed E-state index contributed by atoms with van der Waals surface area (Å²) >= 11 is 0. The molecule has 2 saturated heterocycles. The third-order valence-corrected chi connectivity index (χ3v) is 7.71. The highest BCUT2D eigenvalue weighted by Crippen LogP contribution is 2.40. The summed E-state index contributed by atoms with van der Waals surface area (Å²) in [7, 11) is 3.09. The van der Waals surface area contributed by atoms with E-state index in [0.29, 0.717) is 78.2 Å². The Morgan fingerprint density at radius 1 is 0.756 bits per heavy atom. The lowest BCUT2D eigenvalue weighted by Crippen LogP contribution is -2.35. The van der Waals surface area contributed by atoms with Crippen LogP contribution in [-0.2, 0) is 0 Å². The van der Waals surface area contributed by atoms with Gasteiger partial charge in [0.25, 0.3) is 11.8 Å². The van der Waals surface area contributed by atoms with Gasteiger partial charge >= 0.3 is 0 Å². The molecule has 2 aromatic rings. The summed E-state index contributed by atoms with van der Waals surface area (Å²) in [5, 5.41) is 0. The zero-order valence-corrected chi connectivity index (χ0v) is 23.2. The summed E-state index contributed by atoms with van der Waals surface area (Å²) < 4.78 is 23.1. The number of nitrogens with zero attached hydrogens (tertiary/aromatic N) is 4. The maximum absolute atomic E-state index is 13.2. The minimum absolute atomic E-state index is 0. The van der Waals surface area contributed by atoms with Gasteiger partial charge in [0.05, 0.1) is 62.0 Å². The first-order chi connectivity index (χ1) is 19.9. The van der Waals surface area contributed by atoms with Gasteiger partial charge in [0, 0.05) is 45.5 Å². The summed E-state index contributed by atoms with van der Waals surface area (Å²) in [5.74, 6) is 1.74. The van der Waals surface area contributed by atoms with Gasteiger partial charge < -0.3 is 28.7 Å². The second-order valence-corrected chi connectivity index (χ2v) is 10.6. The first-order valence-corrected chi connectivity index (χ1v) is 13.6. The number of methoxy groups -OCH3 is 2. The Labute approximate surface area is 240 Å². The van der Waals surface area contributed by atoms with Crippen molar-refractivity contribution < 1.29 is 30.0 Å². The van der Waals surface area contributed by atoms with E-state index in [9.17, 15) is 9.59 Å². The van der Waals surface area contributed by atoms with Crippen LogP contribution < -0.4 is 18.9 Å². The topological polar surface area (TPSA) is 102 Å². The van der Waals surface area contributed by atoms with Gasteiger partial charge in [0.15, 0.2) is 23.0 Å². The van der Waals surface area contributed by atoms with Crippen molar-refractivity contribution in [3.63, 3.8) is 0 Å². The largest absolute Gasteiger partial charge is 0.493 e. The monoisotopic (exact) mass is 558 g/mol. The Balaban J connectivity index is 0.00000353. The standard InChI is InChI=1S/C31H32N4O6.H2/c1-18-8-20-14-32-24-12-28(26(38-3)10-22(24)30(36)34(20)16-18)40-6-5-7-41-29-13-25-23(11-27(29)39-4)31(37)35-17-19(2)9-21(35)15-33-25;/h10-15,20-21H,1-2,5-9,16-17H2,3-4H3;1H/t20-,21?;/m0./s1. The molecule has 4 aliphatic heterocycles. The summed E-state index contributed by atoms with van der Waals surface area (Å²) in [4.78, 5) is 39.1. The van der Waals surface area contributed by atoms with Crippen LogP contribution in [0, 0.1) is 0 Å². The first kappa shape index (κ1) is 26.6. The van der Waals surface area contributed by atoms with Gasteiger partial charge in [-0.3, -0.25) is 19.6 Å². The van der Waals surface area contributed by atoms with Gasteiger partial charge in [0.2, 0.25) is 0 Å². The van der Waals surface area contributed by atoms with Crippen molar-refractivity contribution in [2.75, 3.05) is 40.5 Å². The van der Waals surface area contributed by atoms with Gasteiger partial charge in [-0.05, 0) is 25.0 Å². The van der Waals surface area contributed by atoms with Crippen LogP contribution in [0.5, 0.6) is 23.0 Å². The molecule has 10 heteroatoms. The normalized spacial score (nSPS) is 20.7. The van der Waals surface area contributed by atoms with E-state index in [1.807, 2.05) is 0 Å². The van der Waals surface area contributed by atoms with Gasteiger partial charge in [-0.2, -0.15) is 0 Å². The smallest absolute Gasteiger partial charge is 0.257 e. The minimum atomic E-state index is -0.0917. The number of hydrogen-bond donors (Lipinski definition) is 0. The number of carbonyl (C=O) groups excluding carboxylic acids is 2. The fourth-order valence-electron chi connectivity index (χ4n) is 5.63. The number of carbonyl (C=O) groups is 2. The highest BCUT2D eigenvalue weighted by atomic mass is 16.5. The molecule has 0 spiro atoms. The molecular formula is C31H34N4O6. The minimum Gasteiger partial charge on any atom is -0.493 e. The van der Waals surface area contributed by atoms with Crippen molar-refractivity contribution in [1.82, 2.24) is 9.80 Å². The molecule has 0 bridgehead atoms. The van der Waals surface area contributed by atoms with Gasteiger partial charge in [-0.25, -0.2) is 0 Å². The van der Waals surface area contributed by atoms with Crippen LogP contribution in [0.15, 0.2) is 58.6 Å². The number of aliphatic imine (C=N–C) groups is 2. The van der Waals surface area contributed by atoms with Crippen LogP contribution in [-0.4, -0.2) is 86.6 Å². The molecule has 41 heavy (non-hydrogen) atoms. The number of ether oxygens (including phenoxy) is 4. The summed E-state index contributed by atoms with van der Waals surface area (Å²) in [5.41, 5.74) is 4.10. The predicted molar refractivity (Wildman–Crippen MR) is 157 cm³/mol. The maximum Gasteiger partial charge on any atom is 0.257 e. The molecule has 10 nitrogen and oxygen atoms in total. The van der Waals surface area contributed by atoms with E-state index in [4.69, 9.17) is 18.9 Å². The van der Waals surface area contributed by atoms with Crippen LogP contribution in [0.3, 0.4) is 0 Å². The fourth-order valence-corrected chi connectivity index (χ4v) is 5.63. The third kappa shape index (κ3) is 4.94. The average Bonchev–Trinajstić information content (AvgIpc) is 3.48. The molecule has 0 aliphatic carbocycles. The molecule has 0 saturated carbocycles. The Hall–Kier alpha value is -4.60. The van der Waals surface area contributed by atoms with Crippen LogP contribution in [0.4, 0.5) is 11.4 Å². The number of hydrogen-bond acceptors (Lipinski definition) is 8. The van der Waals surface area contributed by atoms with E-state index in [0.717, 1.165) is 24.0 Å². The molecule has 0 aromatic heterocycles. The van der Waals surface area contributed by atoms with Crippen molar-refractivity contribution >= 4 is 35.6 Å². The lowest BCUT2D eigenvalue weighted by molar-refractivity contribution is 0.0770. The fraction of sp³-hybridized carbons (Fsp3) is 0.355. The number of fused-ring (bicyclic) bond motifs is 4. The zero-order chi connectivity index (χ0) is 28.7. The van der Waals surface area contributed by atoms with Crippen molar-refractivity contribution in [3.05, 3.63) is 59.7 Å². The molecular weight excluding hydrogens is 524 g/mol. The number of benzene rings is 2. The Morgan fingerprint density at radius 2 is 1.20 bits per heavy atom. The van der Waals surface area contributed by atoms with Crippen molar-refractivity contribution in [2.45, 2.75) is 31.3 Å². The second kappa shape index (κ2) is 10.8. The van der Waals surface area contributed by atoms with E-state index >= 15 is 0 Å². The molecule has 2 fully saturated rings. The van der Waals surface area contributed by atoms with Crippen LogP contribution in [0.2, 0.25) is 0 Å². The Bertz CT molecular complexity index is 1410. The van der Waals surface area contributed by atoms with Gasteiger partial charge in [0.1, 0.15) is 0 Å². The molecule has 4 aliphatic rings. The number of rotatable bonds is 8. The highest BCUT2D eigenvalue weighted by Gasteiger charge is 2.35. The second-order valence-electron chi connectivity index (χ2n) is 10.6.